The Bertz CT molecular complexity index is 744. The molecule has 148 valence electrons. The Morgan fingerprint density at radius 3 is 1.93 bits per heavy atom. The first-order valence-corrected chi connectivity index (χ1v) is 11.7. The van der Waals surface area contributed by atoms with E-state index in [1.807, 2.05) is 12.1 Å². The monoisotopic (exact) mass is 410 g/mol. The van der Waals surface area contributed by atoms with Gasteiger partial charge in [0.2, 0.25) is 0 Å². The van der Waals surface area contributed by atoms with Gasteiger partial charge in [0.25, 0.3) is 12.9 Å². The third kappa shape index (κ3) is 7.97. The zero-order valence-electron chi connectivity index (χ0n) is 16.3. The molecule has 1 N–H and O–H groups in total. The van der Waals surface area contributed by atoms with Crippen molar-refractivity contribution in [2.75, 3.05) is 0 Å². The minimum absolute atomic E-state index is 0. The molecule has 1 unspecified atom stereocenters. The van der Waals surface area contributed by atoms with Crippen molar-refractivity contribution in [3.05, 3.63) is 65.7 Å². The normalized spacial score (nSPS) is 12.8. The van der Waals surface area contributed by atoms with Crippen LogP contribution in [-0.4, -0.2) is 40.0 Å². The zero-order chi connectivity index (χ0) is 19.5. The van der Waals surface area contributed by atoms with Crippen LogP contribution in [0.25, 0.3) is 0 Å². The molecule has 2 aromatic rings. The second-order valence-electron chi connectivity index (χ2n) is 7.14. The second-order valence-corrected chi connectivity index (χ2v) is 9.21. The molecule has 0 aliphatic heterocycles. The van der Waals surface area contributed by atoms with Gasteiger partial charge >= 0.3 is 29.6 Å². The average molecular weight is 410 g/mol. The molecule has 0 bridgehead atoms. The Labute approximate surface area is 191 Å². The predicted octanol–water partition coefficient (Wildman–Crippen LogP) is 5.46. The van der Waals surface area contributed by atoms with Crippen molar-refractivity contribution in [1.29, 1.82) is 0 Å². The van der Waals surface area contributed by atoms with Crippen molar-refractivity contribution in [2.24, 2.45) is 0 Å². The van der Waals surface area contributed by atoms with Crippen molar-refractivity contribution in [3.63, 3.8) is 0 Å². The third-order valence-electron chi connectivity index (χ3n) is 4.90. The van der Waals surface area contributed by atoms with Crippen LogP contribution in [0.1, 0.15) is 74.2 Å². The molecule has 0 aliphatic rings. The van der Waals surface area contributed by atoms with Crippen LogP contribution in [-0.2, 0) is 11.0 Å². The summed E-state index contributed by atoms with van der Waals surface area (Å²) in [6.45, 7) is 2.24. The predicted molar refractivity (Wildman–Crippen MR) is 120 cm³/mol. The molecule has 3 nitrogen and oxygen atoms in total. The fourth-order valence-corrected chi connectivity index (χ4v) is 4.51. The molecule has 1 atom stereocenters. The van der Waals surface area contributed by atoms with E-state index in [0.29, 0.717) is 5.56 Å². The number of rotatable bonds is 12. The van der Waals surface area contributed by atoms with E-state index in [1.54, 1.807) is 30.3 Å². The number of aryl methyl sites for hydroxylation is 1. The van der Waals surface area contributed by atoms with Gasteiger partial charge in [-0.05, 0) is 30.5 Å². The molecule has 5 heteroatoms. The number of hydrogen-bond acceptors (Lipinski definition) is 2. The summed E-state index contributed by atoms with van der Waals surface area (Å²) in [7, 11) is -4.05. The van der Waals surface area contributed by atoms with Crippen LogP contribution < -0.4 is 5.30 Å². The van der Waals surface area contributed by atoms with E-state index in [1.165, 1.54) is 62.6 Å². The standard InChI is InChI=1S/C23H31O3P.Na.H/c1-2-3-4-5-6-7-8-10-13-20-16-18-21(19-17-20)23(24)27(25,26)22-14-11-9-12-15-22;;/h9,11-12,14-19H,2-8,10,13H2,1H3,(H,25,26);;. The van der Waals surface area contributed by atoms with Crippen molar-refractivity contribution < 1.29 is 14.3 Å². The SMILES string of the molecule is CCCCCCCCCCc1ccc(C(=O)P(=O)(O)c2ccccc2)cc1.[NaH]. The summed E-state index contributed by atoms with van der Waals surface area (Å²) >= 11 is 0. The van der Waals surface area contributed by atoms with Gasteiger partial charge in [-0.3, -0.25) is 9.36 Å². The van der Waals surface area contributed by atoms with Crippen LogP contribution in [0, 0.1) is 0 Å². The van der Waals surface area contributed by atoms with Gasteiger partial charge in [0, 0.05) is 10.9 Å². The first-order chi connectivity index (χ1) is 13.1. The van der Waals surface area contributed by atoms with E-state index in [0.717, 1.165) is 12.8 Å². The van der Waals surface area contributed by atoms with Crippen LogP contribution in [0.4, 0.5) is 0 Å². The van der Waals surface area contributed by atoms with Gasteiger partial charge in [0.05, 0.1) is 0 Å². The van der Waals surface area contributed by atoms with Gasteiger partial charge in [0.1, 0.15) is 0 Å². The molecule has 0 saturated carbocycles. The maximum absolute atomic E-state index is 12.5. The van der Waals surface area contributed by atoms with Gasteiger partial charge < -0.3 is 4.89 Å². The Kier molecular flexibility index (Phi) is 12.2. The van der Waals surface area contributed by atoms with Crippen LogP contribution in [0.5, 0.6) is 0 Å². The summed E-state index contributed by atoms with van der Waals surface area (Å²) in [5.74, 6) is 0. The van der Waals surface area contributed by atoms with Gasteiger partial charge in [-0.2, -0.15) is 0 Å². The second kappa shape index (κ2) is 13.5. The zero-order valence-corrected chi connectivity index (χ0v) is 17.2. The fourth-order valence-electron chi connectivity index (χ4n) is 3.20. The van der Waals surface area contributed by atoms with Gasteiger partial charge in [-0.1, -0.05) is 94.3 Å². The molecule has 0 fully saturated rings. The summed E-state index contributed by atoms with van der Waals surface area (Å²) in [6, 6.07) is 15.3. The van der Waals surface area contributed by atoms with Crippen molar-refractivity contribution in [3.8, 4) is 0 Å². The molecule has 0 heterocycles. The molecule has 0 aromatic heterocycles. The summed E-state index contributed by atoms with van der Waals surface area (Å²) in [6.07, 6.45) is 11.3. The Morgan fingerprint density at radius 1 is 0.821 bits per heavy atom. The van der Waals surface area contributed by atoms with Crippen molar-refractivity contribution in [2.45, 2.75) is 64.7 Å². The quantitative estimate of drug-likeness (QED) is 0.287. The summed E-state index contributed by atoms with van der Waals surface area (Å²) in [5.41, 5.74) is 0.765. The summed E-state index contributed by atoms with van der Waals surface area (Å²) in [4.78, 5) is 22.7. The van der Waals surface area contributed by atoms with E-state index in [-0.39, 0.29) is 34.9 Å². The van der Waals surface area contributed by atoms with Crippen LogP contribution in [0.2, 0.25) is 0 Å². The third-order valence-corrected chi connectivity index (χ3v) is 6.71. The number of hydrogen-bond donors (Lipinski definition) is 1. The van der Waals surface area contributed by atoms with Crippen LogP contribution in [0.3, 0.4) is 0 Å². The van der Waals surface area contributed by atoms with Crippen LogP contribution >= 0.6 is 7.37 Å². The fraction of sp³-hybridized carbons (Fsp3) is 0.435. The van der Waals surface area contributed by atoms with Gasteiger partial charge in [0.15, 0.2) is 0 Å². The number of carbonyl (C=O) groups is 1. The molecule has 2 aromatic carbocycles. The molecule has 2 rings (SSSR count). The molecule has 0 radical (unpaired) electrons. The topological polar surface area (TPSA) is 54.4 Å². The molecule has 28 heavy (non-hydrogen) atoms. The van der Waals surface area contributed by atoms with E-state index in [9.17, 15) is 14.3 Å². The molecular weight excluding hydrogens is 378 g/mol. The first-order valence-electron chi connectivity index (χ1n) is 10.1. The van der Waals surface area contributed by atoms with E-state index in [4.69, 9.17) is 0 Å². The Balaban J connectivity index is 0.00000392. The average Bonchev–Trinajstić information content (AvgIpc) is 2.70. The molecular formula is C23H32NaO3P. The Hall–Kier alpha value is -0.700. The Morgan fingerprint density at radius 2 is 1.36 bits per heavy atom. The molecule has 0 amide bonds. The van der Waals surface area contributed by atoms with E-state index < -0.39 is 12.9 Å². The van der Waals surface area contributed by atoms with Crippen molar-refractivity contribution >= 4 is 47.8 Å². The van der Waals surface area contributed by atoms with Gasteiger partial charge in [-0.15, -0.1) is 0 Å². The van der Waals surface area contributed by atoms with E-state index in [2.05, 4.69) is 6.92 Å². The molecule has 0 aliphatic carbocycles. The maximum atomic E-state index is 12.5. The molecule has 0 spiro atoms. The summed E-state index contributed by atoms with van der Waals surface area (Å²) in [5, 5.41) is 0.179. The first kappa shape index (κ1) is 25.3. The van der Waals surface area contributed by atoms with Crippen molar-refractivity contribution in [1.82, 2.24) is 0 Å². The number of unbranched alkanes of at least 4 members (excludes halogenated alkanes) is 7. The number of carbonyl (C=O) groups excluding carboxylic acids is 1. The minimum atomic E-state index is -4.05. The van der Waals surface area contributed by atoms with E-state index >= 15 is 0 Å². The van der Waals surface area contributed by atoms with Gasteiger partial charge in [-0.25, -0.2) is 0 Å². The summed E-state index contributed by atoms with van der Waals surface area (Å²) < 4.78 is 12.5. The van der Waals surface area contributed by atoms with Crippen LogP contribution in [0.15, 0.2) is 54.6 Å². The number of benzene rings is 2. The molecule has 0 saturated heterocycles.